The first-order chi connectivity index (χ1) is 4.00. The van der Waals surface area contributed by atoms with Gasteiger partial charge in [-0.15, -0.1) is 12.4 Å². The SMILES string of the molecule is Cl.O1[SiH2]O[SiH2]O[SiH2]O[SiH2]1. The lowest BCUT2D eigenvalue weighted by Crippen LogP contribution is -2.23. The van der Waals surface area contributed by atoms with Gasteiger partial charge in [-0.2, -0.15) is 0 Å². The summed E-state index contributed by atoms with van der Waals surface area (Å²) in [6.07, 6.45) is 0. The summed E-state index contributed by atoms with van der Waals surface area (Å²) in [5, 5.41) is 0. The maximum absolute atomic E-state index is 5.10. The molecule has 0 unspecified atom stereocenters. The molecule has 0 N–H and O–H groups in total. The number of halogens is 1. The predicted molar refractivity (Wildman–Crippen MR) is 45.8 cm³/mol. The number of hydrogen-bond acceptors (Lipinski definition) is 4. The molecule has 0 aromatic rings. The van der Waals surface area contributed by atoms with Gasteiger partial charge >= 0.3 is 0 Å². The molecule has 0 bridgehead atoms. The Hall–Kier alpha value is 0.998. The van der Waals surface area contributed by atoms with Gasteiger partial charge in [0.1, 0.15) is 0 Å². The van der Waals surface area contributed by atoms with E-state index in [4.69, 9.17) is 16.5 Å². The van der Waals surface area contributed by atoms with E-state index in [1.807, 2.05) is 0 Å². The third-order valence-corrected chi connectivity index (χ3v) is 6.00. The van der Waals surface area contributed by atoms with Gasteiger partial charge in [0, 0.05) is 0 Å². The standard InChI is InChI=1S/ClH.H8O4Si4/c;1-5-2-7-4-8-3-6-1/h1H;5-8H2. The predicted octanol–water partition coefficient (Wildman–Crippen LogP) is -3.52. The highest BCUT2D eigenvalue weighted by Crippen LogP contribution is 1.79. The van der Waals surface area contributed by atoms with Gasteiger partial charge in [-0.3, -0.25) is 0 Å². The van der Waals surface area contributed by atoms with Crippen LogP contribution in [0.25, 0.3) is 0 Å². The van der Waals surface area contributed by atoms with Gasteiger partial charge in [0.25, 0.3) is 40.0 Å². The van der Waals surface area contributed by atoms with Gasteiger partial charge in [-0.1, -0.05) is 0 Å². The zero-order valence-electron chi connectivity index (χ0n) is 4.87. The fourth-order valence-corrected chi connectivity index (χ4v) is 7.59. The third kappa shape index (κ3) is 5.44. The van der Waals surface area contributed by atoms with Crippen molar-refractivity contribution in [2.45, 2.75) is 0 Å². The second kappa shape index (κ2) is 7.11. The van der Waals surface area contributed by atoms with Crippen molar-refractivity contribution in [3.8, 4) is 0 Å². The van der Waals surface area contributed by atoms with Crippen molar-refractivity contribution in [3.05, 3.63) is 0 Å². The monoisotopic (exact) mass is 220 g/mol. The minimum absolute atomic E-state index is 0. The highest BCUT2D eigenvalue weighted by Gasteiger charge is 1.97. The summed E-state index contributed by atoms with van der Waals surface area (Å²) >= 11 is 0. The van der Waals surface area contributed by atoms with Gasteiger partial charge in [0.05, 0.1) is 0 Å². The van der Waals surface area contributed by atoms with E-state index in [-0.39, 0.29) is 12.4 Å². The van der Waals surface area contributed by atoms with Crippen molar-refractivity contribution < 1.29 is 16.5 Å². The lowest BCUT2D eigenvalue weighted by molar-refractivity contribution is 0.347. The summed E-state index contributed by atoms with van der Waals surface area (Å²) in [5.74, 6) is 0. The molecule has 1 saturated heterocycles. The summed E-state index contributed by atoms with van der Waals surface area (Å²) in [4.78, 5) is 0. The van der Waals surface area contributed by atoms with E-state index in [0.29, 0.717) is 0 Å². The third-order valence-electron chi connectivity index (χ3n) is 0.667. The highest BCUT2D eigenvalue weighted by atomic mass is 35.5. The lowest BCUT2D eigenvalue weighted by Gasteiger charge is -2.10. The molecule has 1 fully saturated rings. The van der Waals surface area contributed by atoms with Crippen LogP contribution < -0.4 is 0 Å². The molecule has 0 aliphatic carbocycles. The van der Waals surface area contributed by atoms with Crippen LogP contribution in [0.15, 0.2) is 0 Å². The summed E-state index contributed by atoms with van der Waals surface area (Å²) in [5.41, 5.74) is 0. The van der Waals surface area contributed by atoms with Crippen LogP contribution in [0.3, 0.4) is 0 Å². The maximum atomic E-state index is 5.10. The Kier molecular flexibility index (Phi) is 7.90. The number of rotatable bonds is 0. The fraction of sp³-hybridized carbons (Fsp3) is 0. The molecule has 0 radical (unpaired) electrons. The highest BCUT2D eigenvalue weighted by molar-refractivity contribution is 6.50. The molecule has 1 rings (SSSR count). The topological polar surface area (TPSA) is 36.9 Å². The van der Waals surface area contributed by atoms with Crippen LogP contribution in [0.5, 0.6) is 0 Å². The zero-order valence-corrected chi connectivity index (χ0v) is 11.3. The molecule has 1 aliphatic heterocycles. The minimum Gasteiger partial charge on any atom is -0.425 e. The Morgan fingerprint density at radius 3 is 1.00 bits per heavy atom. The van der Waals surface area contributed by atoms with Crippen molar-refractivity contribution in [1.29, 1.82) is 0 Å². The molecule has 0 aromatic carbocycles. The van der Waals surface area contributed by atoms with E-state index in [1.54, 1.807) is 0 Å². The largest absolute Gasteiger partial charge is 0.425 e. The molecule has 1 heterocycles. The summed E-state index contributed by atoms with van der Waals surface area (Å²) in [7, 11) is -2.61. The molecule has 4 nitrogen and oxygen atoms in total. The van der Waals surface area contributed by atoms with Crippen LogP contribution in [-0.2, 0) is 16.5 Å². The zero-order chi connectivity index (χ0) is 5.66. The molecular weight excluding hydrogens is 212 g/mol. The minimum atomic E-state index is -0.653. The average Bonchev–Trinajstić information content (AvgIpc) is 1.62. The van der Waals surface area contributed by atoms with Crippen LogP contribution in [0.2, 0.25) is 0 Å². The molecular formula is H9ClO4Si4. The van der Waals surface area contributed by atoms with Gasteiger partial charge in [0.15, 0.2) is 0 Å². The van der Waals surface area contributed by atoms with Crippen LogP contribution in [0, 0.1) is 0 Å². The lowest BCUT2D eigenvalue weighted by atomic mass is 15.7. The smallest absolute Gasteiger partial charge is 0.286 e. The van der Waals surface area contributed by atoms with Crippen LogP contribution in [-0.4, -0.2) is 40.0 Å². The quantitative estimate of drug-likeness (QED) is 0.397. The second-order valence-corrected chi connectivity index (χ2v) is 8.76. The Labute approximate surface area is 69.3 Å². The molecule has 0 spiro atoms. The first-order valence-corrected chi connectivity index (χ1v) is 6.93. The molecule has 0 amide bonds. The van der Waals surface area contributed by atoms with Crippen molar-refractivity contribution in [2.24, 2.45) is 0 Å². The van der Waals surface area contributed by atoms with Gasteiger partial charge < -0.3 is 16.5 Å². The van der Waals surface area contributed by atoms with Crippen LogP contribution in [0.4, 0.5) is 0 Å². The van der Waals surface area contributed by atoms with Crippen molar-refractivity contribution in [2.75, 3.05) is 0 Å². The Morgan fingerprint density at radius 1 is 0.556 bits per heavy atom. The van der Waals surface area contributed by atoms with Gasteiger partial charge in [-0.05, 0) is 0 Å². The normalized spacial score (nSPS) is 32.0. The van der Waals surface area contributed by atoms with E-state index >= 15 is 0 Å². The summed E-state index contributed by atoms with van der Waals surface area (Å²) in [6, 6.07) is 0. The Morgan fingerprint density at radius 2 is 0.778 bits per heavy atom. The van der Waals surface area contributed by atoms with Crippen molar-refractivity contribution >= 4 is 52.4 Å². The van der Waals surface area contributed by atoms with Crippen LogP contribution >= 0.6 is 12.4 Å². The van der Waals surface area contributed by atoms with E-state index in [1.165, 1.54) is 0 Å². The first kappa shape index (κ1) is 10.00. The van der Waals surface area contributed by atoms with E-state index in [2.05, 4.69) is 0 Å². The summed E-state index contributed by atoms with van der Waals surface area (Å²) < 4.78 is 20.4. The van der Waals surface area contributed by atoms with Gasteiger partial charge in [0.2, 0.25) is 0 Å². The average molecular weight is 221 g/mol. The number of hydrogen-bond donors (Lipinski definition) is 0. The van der Waals surface area contributed by atoms with Crippen molar-refractivity contribution in [3.63, 3.8) is 0 Å². The molecule has 0 aromatic heterocycles. The summed E-state index contributed by atoms with van der Waals surface area (Å²) in [6.45, 7) is 0. The fourth-order valence-electron chi connectivity index (χ4n) is 0.372. The molecule has 56 valence electrons. The van der Waals surface area contributed by atoms with E-state index < -0.39 is 40.0 Å². The molecule has 0 atom stereocenters. The molecule has 9 heavy (non-hydrogen) atoms. The van der Waals surface area contributed by atoms with E-state index in [0.717, 1.165) is 0 Å². The first-order valence-electron chi connectivity index (χ1n) is 2.31. The molecule has 9 heteroatoms. The Bertz CT molecular complexity index is 36.5. The van der Waals surface area contributed by atoms with Crippen LogP contribution in [0.1, 0.15) is 0 Å². The van der Waals surface area contributed by atoms with E-state index in [9.17, 15) is 0 Å². The van der Waals surface area contributed by atoms with Gasteiger partial charge in [-0.25, -0.2) is 0 Å². The molecule has 1 aliphatic rings. The second-order valence-electron chi connectivity index (χ2n) is 1.29. The maximum Gasteiger partial charge on any atom is 0.286 e. The Balaban J connectivity index is 0.000000640. The molecule has 0 saturated carbocycles. The van der Waals surface area contributed by atoms with Crippen molar-refractivity contribution in [1.82, 2.24) is 0 Å².